The fourth-order valence-corrected chi connectivity index (χ4v) is 3.45. The Morgan fingerprint density at radius 2 is 2.10 bits per heavy atom. The first-order valence-electron chi connectivity index (χ1n) is 7.77. The number of halogens is 2. The molecule has 1 fully saturated rings. The molecule has 2 rings (SSSR count). The molecule has 0 radical (unpaired) electrons. The van der Waals surface area contributed by atoms with Gasteiger partial charge in [-0.25, -0.2) is 8.78 Å². The Labute approximate surface area is 120 Å². The Kier molecular flexibility index (Phi) is 5.53. The minimum absolute atomic E-state index is 0.249. The second kappa shape index (κ2) is 7.16. The SMILES string of the molecule is CCNC(Cc1cc(F)ccc1F)C1CCCC(C)C1. The summed E-state index contributed by atoms with van der Waals surface area (Å²) in [5, 5.41) is 3.48. The van der Waals surface area contributed by atoms with Crippen LogP contribution in [0.2, 0.25) is 0 Å². The molecular weight excluding hydrogens is 256 g/mol. The highest BCUT2D eigenvalue weighted by Gasteiger charge is 2.27. The molecule has 0 spiro atoms. The standard InChI is InChI=1S/C17H25F2N/c1-3-20-17(13-6-4-5-12(2)9-13)11-14-10-15(18)7-8-16(14)19/h7-8,10,12-13,17,20H,3-6,9,11H2,1-2H3. The lowest BCUT2D eigenvalue weighted by Crippen LogP contribution is -2.40. The van der Waals surface area contributed by atoms with Crippen molar-refractivity contribution in [3.8, 4) is 0 Å². The van der Waals surface area contributed by atoms with Crippen LogP contribution in [-0.4, -0.2) is 12.6 Å². The Balaban J connectivity index is 2.10. The molecule has 0 heterocycles. The second-order valence-electron chi connectivity index (χ2n) is 6.14. The zero-order valence-corrected chi connectivity index (χ0v) is 12.5. The molecule has 1 nitrogen and oxygen atoms in total. The van der Waals surface area contributed by atoms with Crippen molar-refractivity contribution in [3.05, 3.63) is 35.4 Å². The third-order valence-corrected chi connectivity index (χ3v) is 4.46. The summed E-state index contributed by atoms with van der Waals surface area (Å²) in [7, 11) is 0. The molecule has 0 bridgehead atoms. The van der Waals surface area contributed by atoms with Gasteiger partial charge in [0.2, 0.25) is 0 Å². The van der Waals surface area contributed by atoms with E-state index in [1.807, 2.05) is 0 Å². The van der Waals surface area contributed by atoms with Crippen molar-refractivity contribution in [3.63, 3.8) is 0 Å². The van der Waals surface area contributed by atoms with Gasteiger partial charge >= 0.3 is 0 Å². The van der Waals surface area contributed by atoms with E-state index in [2.05, 4.69) is 19.2 Å². The Morgan fingerprint density at radius 1 is 1.30 bits per heavy atom. The summed E-state index contributed by atoms with van der Waals surface area (Å²) in [5.41, 5.74) is 0.495. The molecular formula is C17H25F2N. The molecule has 0 saturated heterocycles. The van der Waals surface area contributed by atoms with Crippen molar-refractivity contribution in [1.82, 2.24) is 5.32 Å². The molecule has 20 heavy (non-hydrogen) atoms. The highest BCUT2D eigenvalue weighted by atomic mass is 19.1. The first-order chi connectivity index (χ1) is 9.60. The highest BCUT2D eigenvalue weighted by molar-refractivity contribution is 5.20. The number of nitrogens with one attached hydrogen (secondary N) is 1. The normalized spacial score (nSPS) is 24.6. The van der Waals surface area contributed by atoms with Gasteiger partial charge < -0.3 is 5.32 Å². The van der Waals surface area contributed by atoms with Crippen LogP contribution >= 0.6 is 0 Å². The quantitative estimate of drug-likeness (QED) is 0.848. The Hall–Kier alpha value is -0.960. The van der Waals surface area contributed by atoms with Gasteiger partial charge in [0.15, 0.2) is 0 Å². The minimum atomic E-state index is -0.353. The summed E-state index contributed by atoms with van der Waals surface area (Å²) in [6.45, 7) is 5.23. The highest BCUT2D eigenvalue weighted by Crippen LogP contribution is 2.32. The molecule has 1 aromatic rings. The molecule has 3 heteroatoms. The smallest absolute Gasteiger partial charge is 0.126 e. The summed E-state index contributed by atoms with van der Waals surface area (Å²) in [6, 6.07) is 4.01. The molecule has 1 N–H and O–H groups in total. The lowest BCUT2D eigenvalue weighted by molar-refractivity contribution is 0.222. The molecule has 1 saturated carbocycles. The predicted molar refractivity (Wildman–Crippen MR) is 78.6 cm³/mol. The van der Waals surface area contributed by atoms with Gasteiger partial charge in [0.25, 0.3) is 0 Å². The van der Waals surface area contributed by atoms with Crippen molar-refractivity contribution in [1.29, 1.82) is 0 Å². The maximum atomic E-state index is 13.8. The van der Waals surface area contributed by atoms with Crippen LogP contribution in [0, 0.1) is 23.5 Å². The summed E-state index contributed by atoms with van der Waals surface area (Å²) in [4.78, 5) is 0. The number of likely N-dealkylation sites (N-methyl/N-ethyl adjacent to an activating group) is 1. The molecule has 1 aliphatic carbocycles. The van der Waals surface area contributed by atoms with Crippen LogP contribution in [0.25, 0.3) is 0 Å². The summed E-state index contributed by atoms with van der Waals surface area (Å²) < 4.78 is 27.1. The monoisotopic (exact) mass is 281 g/mol. The molecule has 0 aliphatic heterocycles. The van der Waals surface area contributed by atoms with E-state index in [-0.39, 0.29) is 17.7 Å². The molecule has 1 aliphatic rings. The van der Waals surface area contributed by atoms with Crippen molar-refractivity contribution in [2.45, 2.75) is 52.0 Å². The van der Waals surface area contributed by atoms with Crippen LogP contribution in [0.1, 0.15) is 45.1 Å². The lowest BCUT2D eigenvalue weighted by Gasteiger charge is -2.34. The van der Waals surface area contributed by atoms with Crippen LogP contribution in [0.15, 0.2) is 18.2 Å². The summed E-state index contributed by atoms with van der Waals surface area (Å²) in [5.74, 6) is 0.667. The van der Waals surface area contributed by atoms with Gasteiger partial charge in [-0.1, -0.05) is 26.7 Å². The average molecular weight is 281 g/mol. The van der Waals surface area contributed by atoms with E-state index in [0.717, 1.165) is 12.5 Å². The predicted octanol–water partition coefficient (Wildman–Crippen LogP) is 4.31. The van der Waals surface area contributed by atoms with Gasteiger partial charge in [-0.15, -0.1) is 0 Å². The van der Waals surface area contributed by atoms with Crippen LogP contribution in [0.5, 0.6) is 0 Å². The Morgan fingerprint density at radius 3 is 2.80 bits per heavy atom. The topological polar surface area (TPSA) is 12.0 Å². The van der Waals surface area contributed by atoms with Gasteiger partial charge in [0.1, 0.15) is 11.6 Å². The van der Waals surface area contributed by atoms with E-state index in [1.54, 1.807) is 0 Å². The van der Waals surface area contributed by atoms with E-state index in [1.165, 1.54) is 43.9 Å². The van der Waals surface area contributed by atoms with E-state index in [0.29, 0.717) is 17.9 Å². The van der Waals surface area contributed by atoms with Gasteiger partial charge in [-0.3, -0.25) is 0 Å². The zero-order valence-electron chi connectivity index (χ0n) is 12.5. The Bertz CT molecular complexity index is 433. The molecule has 112 valence electrons. The molecule has 0 amide bonds. The molecule has 1 aromatic carbocycles. The number of hydrogen-bond donors (Lipinski definition) is 1. The van der Waals surface area contributed by atoms with Crippen LogP contribution in [-0.2, 0) is 6.42 Å². The third-order valence-electron chi connectivity index (χ3n) is 4.46. The largest absolute Gasteiger partial charge is 0.314 e. The van der Waals surface area contributed by atoms with Gasteiger partial charge in [0.05, 0.1) is 0 Å². The van der Waals surface area contributed by atoms with Gasteiger partial charge in [-0.2, -0.15) is 0 Å². The first kappa shape index (κ1) is 15.4. The summed E-state index contributed by atoms with van der Waals surface area (Å²) in [6.07, 6.45) is 5.51. The maximum absolute atomic E-state index is 13.8. The third kappa shape index (κ3) is 4.02. The number of rotatable bonds is 5. The van der Waals surface area contributed by atoms with Crippen molar-refractivity contribution >= 4 is 0 Å². The van der Waals surface area contributed by atoms with Crippen LogP contribution in [0.3, 0.4) is 0 Å². The first-order valence-corrected chi connectivity index (χ1v) is 7.77. The minimum Gasteiger partial charge on any atom is -0.314 e. The second-order valence-corrected chi connectivity index (χ2v) is 6.14. The lowest BCUT2D eigenvalue weighted by atomic mass is 9.77. The van der Waals surface area contributed by atoms with Gasteiger partial charge in [0, 0.05) is 6.04 Å². The van der Waals surface area contributed by atoms with Crippen molar-refractivity contribution in [2.75, 3.05) is 6.54 Å². The van der Waals surface area contributed by atoms with E-state index < -0.39 is 0 Å². The molecule has 3 unspecified atom stereocenters. The fraction of sp³-hybridized carbons (Fsp3) is 0.647. The maximum Gasteiger partial charge on any atom is 0.126 e. The summed E-state index contributed by atoms with van der Waals surface area (Å²) >= 11 is 0. The average Bonchev–Trinajstić information content (AvgIpc) is 2.42. The van der Waals surface area contributed by atoms with Gasteiger partial charge in [-0.05, 0) is 61.4 Å². The van der Waals surface area contributed by atoms with Crippen molar-refractivity contribution < 1.29 is 8.78 Å². The number of benzene rings is 1. The molecule has 0 aromatic heterocycles. The number of hydrogen-bond acceptors (Lipinski definition) is 1. The molecule has 3 atom stereocenters. The van der Waals surface area contributed by atoms with E-state index in [4.69, 9.17) is 0 Å². The van der Waals surface area contributed by atoms with Crippen LogP contribution in [0.4, 0.5) is 8.78 Å². The van der Waals surface area contributed by atoms with Crippen molar-refractivity contribution in [2.24, 2.45) is 11.8 Å². The van der Waals surface area contributed by atoms with E-state index in [9.17, 15) is 8.78 Å². The fourth-order valence-electron chi connectivity index (χ4n) is 3.45. The van der Waals surface area contributed by atoms with E-state index >= 15 is 0 Å². The van der Waals surface area contributed by atoms with Crippen LogP contribution < -0.4 is 5.32 Å². The zero-order chi connectivity index (χ0) is 14.5.